The zero-order valence-electron chi connectivity index (χ0n) is 17.8. The largest absolute Gasteiger partial charge is 0.369 e. The molecule has 1 aliphatic heterocycles. The molecule has 0 saturated carbocycles. The lowest BCUT2D eigenvalue weighted by Gasteiger charge is -2.32. The molecule has 3 aromatic rings. The first-order chi connectivity index (χ1) is 14.7. The van der Waals surface area contributed by atoms with E-state index in [0.29, 0.717) is 22.5 Å². The number of ether oxygens (including phenoxy) is 1. The maximum atomic E-state index is 13.2. The summed E-state index contributed by atoms with van der Waals surface area (Å²) < 4.78 is 38.8. The van der Waals surface area contributed by atoms with Gasteiger partial charge in [-0.15, -0.1) is 0 Å². The minimum atomic E-state index is -3.81. The van der Waals surface area contributed by atoms with Crippen LogP contribution in [0.5, 0.6) is 0 Å². The minimum Gasteiger partial charge on any atom is -0.369 e. The van der Waals surface area contributed by atoms with E-state index in [1.165, 1.54) is 9.21 Å². The van der Waals surface area contributed by atoms with Crippen LogP contribution in [-0.2, 0) is 14.8 Å². The molecule has 10 heteroatoms. The van der Waals surface area contributed by atoms with Gasteiger partial charge in [0.25, 0.3) is 5.91 Å². The summed E-state index contributed by atoms with van der Waals surface area (Å²) in [5.41, 5.74) is 1.99. The fourth-order valence-corrected chi connectivity index (χ4v) is 5.49. The van der Waals surface area contributed by atoms with Gasteiger partial charge in [0.1, 0.15) is 16.7 Å². The molecule has 1 saturated heterocycles. The molecule has 0 bridgehead atoms. The van der Waals surface area contributed by atoms with Crippen molar-refractivity contribution in [2.75, 3.05) is 33.8 Å². The molecule has 4 rings (SSSR count). The molecule has 1 unspecified atom stereocenters. The number of rotatable bonds is 4. The summed E-state index contributed by atoms with van der Waals surface area (Å²) in [6.07, 6.45) is -0.609. The number of pyridine rings is 1. The third-order valence-corrected chi connectivity index (χ3v) is 7.41. The number of hydrogen-bond acceptors (Lipinski definition) is 7. The number of fused-ring (bicyclic) bond motifs is 1. The monoisotopic (exact) mass is 444 g/mol. The molecule has 0 radical (unpaired) electrons. The number of aryl methyl sites for hydroxylation is 2. The summed E-state index contributed by atoms with van der Waals surface area (Å²) in [5.74, 6) is 0.0964. The Labute approximate surface area is 180 Å². The Morgan fingerprint density at radius 2 is 1.97 bits per heavy atom. The van der Waals surface area contributed by atoms with Crippen LogP contribution < -0.4 is 0 Å². The molecule has 1 amide bonds. The summed E-state index contributed by atoms with van der Waals surface area (Å²) in [4.78, 5) is 19.0. The highest BCUT2D eigenvalue weighted by atomic mass is 32.2. The highest BCUT2D eigenvalue weighted by Crippen LogP contribution is 2.30. The second-order valence-electron chi connectivity index (χ2n) is 7.69. The molecule has 1 aliphatic rings. The van der Waals surface area contributed by atoms with E-state index in [-0.39, 0.29) is 36.3 Å². The van der Waals surface area contributed by atoms with Gasteiger partial charge in [-0.05, 0) is 26.0 Å². The van der Waals surface area contributed by atoms with Gasteiger partial charge in [-0.2, -0.15) is 4.31 Å². The number of para-hydroxylation sites is 1. The van der Waals surface area contributed by atoms with Gasteiger partial charge in [0.05, 0.1) is 23.4 Å². The van der Waals surface area contributed by atoms with Crippen molar-refractivity contribution < 1.29 is 22.5 Å². The lowest BCUT2D eigenvalue weighted by atomic mass is 10.0. The van der Waals surface area contributed by atoms with Crippen molar-refractivity contribution in [3.63, 3.8) is 0 Å². The van der Waals surface area contributed by atoms with Crippen molar-refractivity contribution in [1.29, 1.82) is 0 Å². The number of aromatic nitrogens is 2. The molecule has 1 aromatic carbocycles. The van der Waals surface area contributed by atoms with Crippen LogP contribution in [-0.4, -0.2) is 67.5 Å². The fourth-order valence-electron chi connectivity index (χ4n) is 3.77. The molecule has 0 N–H and O–H groups in total. The van der Waals surface area contributed by atoms with Crippen molar-refractivity contribution in [2.24, 2.45) is 0 Å². The normalized spacial score (nSPS) is 17.7. The summed E-state index contributed by atoms with van der Waals surface area (Å²) in [5, 5.41) is 4.51. The highest BCUT2D eigenvalue weighted by Gasteiger charge is 2.36. The van der Waals surface area contributed by atoms with E-state index in [4.69, 9.17) is 9.26 Å². The fraction of sp³-hybridized carbons (Fsp3) is 0.381. The summed E-state index contributed by atoms with van der Waals surface area (Å²) in [7, 11) is -0.436. The van der Waals surface area contributed by atoms with Crippen LogP contribution in [0.1, 0.15) is 33.6 Å². The van der Waals surface area contributed by atoms with Crippen LogP contribution in [0, 0.1) is 13.8 Å². The van der Waals surface area contributed by atoms with E-state index >= 15 is 0 Å². The Kier molecular flexibility index (Phi) is 5.54. The van der Waals surface area contributed by atoms with E-state index in [0.717, 1.165) is 5.39 Å². The first-order valence-electron chi connectivity index (χ1n) is 9.86. The van der Waals surface area contributed by atoms with Crippen LogP contribution in [0.25, 0.3) is 10.9 Å². The molecule has 3 heterocycles. The predicted molar refractivity (Wildman–Crippen MR) is 113 cm³/mol. The van der Waals surface area contributed by atoms with Crippen molar-refractivity contribution in [3.05, 3.63) is 53.0 Å². The minimum absolute atomic E-state index is 0.0767. The third kappa shape index (κ3) is 3.82. The molecule has 164 valence electrons. The van der Waals surface area contributed by atoms with Crippen LogP contribution in [0.2, 0.25) is 0 Å². The average molecular weight is 445 g/mol. The smallest absolute Gasteiger partial charge is 0.254 e. The molecule has 31 heavy (non-hydrogen) atoms. The first kappa shape index (κ1) is 21.4. The Bertz CT molecular complexity index is 1230. The van der Waals surface area contributed by atoms with Crippen LogP contribution in [0.15, 0.2) is 39.8 Å². The van der Waals surface area contributed by atoms with E-state index in [9.17, 15) is 13.2 Å². The van der Waals surface area contributed by atoms with Crippen molar-refractivity contribution in [3.8, 4) is 0 Å². The number of carbonyl (C=O) groups excluding carboxylic acids is 1. The number of hydrogen-bond donors (Lipinski definition) is 0. The van der Waals surface area contributed by atoms with Crippen LogP contribution in [0.4, 0.5) is 0 Å². The zero-order valence-corrected chi connectivity index (χ0v) is 18.6. The number of morpholine rings is 1. The van der Waals surface area contributed by atoms with Gasteiger partial charge in [0.2, 0.25) is 10.0 Å². The van der Waals surface area contributed by atoms with Crippen LogP contribution in [0.3, 0.4) is 0 Å². The summed E-state index contributed by atoms with van der Waals surface area (Å²) in [6.45, 7) is 3.67. The molecular formula is C21H24N4O5S. The highest BCUT2D eigenvalue weighted by molar-refractivity contribution is 7.89. The van der Waals surface area contributed by atoms with Gasteiger partial charge in [-0.1, -0.05) is 23.4 Å². The lowest BCUT2D eigenvalue weighted by molar-refractivity contribution is -0.00483. The summed E-state index contributed by atoms with van der Waals surface area (Å²) in [6, 6.07) is 9.07. The number of amides is 1. The lowest BCUT2D eigenvalue weighted by Crippen LogP contribution is -2.42. The molecular weight excluding hydrogens is 420 g/mol. The van der Waals surface area contributed by atoms with Crippen molar-refractivity contribution >= 4 is 26.8 Å². The van der Waals surface area contributed by atoms with Crippen molar-refractivity contribution in [1.82, 2.24) is 19.3 Å². The Morgan fingerprint density at radius 3 is 2.65 bits per heavy atom. The Morgan fingerprint density at radius 1 is 1.23 bits per heavy atom. The van der Waals surface area contributed by atoms with Gasteiger partial charge in [-0.3, -0.25) is 4.79 Å². The first-order valence-corrected chi connectivity index (χ1v) is 11.3. The molecule has 1 fully saturated rings. The van der Waals surface area contributed by atoms with Gasteiger partial charge in [0, 0.05) is 32.6 Å². The van der Waals surface area contributed by atoms with E-state index in [1.807, 2.05) is 24.3 Å². The molecule has 0 aliphatic carbocycles. The molecule has 9 nitrogen and oxygen atoms in total. The average Bonchev–Trinajstić information content (AvgIpc) is 3.11. The van der Waals surface area contributed by atoms with Gasteiger partial charge < -0.3 is 14.2 Å². The number of benzene rings is 1. The standard InChI is InChI=1S/C21H24N4O5S/c1-13-20(14(2)30-23-13)31(27,28)25-9-10-29-19(12-25)18-11-16(21(26)24(3)4)15-7-5-6-8-17(15)22-18/h5-8,11,19H,9-10,12H2,1-4H3. The molecule has 0 spiro atoms. The van der Waals surface area contributed by atoms with E-state index in [2.05, 4.69) is 10.1 Å². The number of nitrogens with zero attached hydrogens (tertiary/aromatic N) is 4. The molecule has 2 aromatic heterocycles. The second kappa shape index (κ2) is 8.03. The Hall–Kier alpha value is -2.82. The number of sulfonamides is 1. The van der Waals surface area contributed by atoms with E-state index in [1.54, 1.807) is 34.0 Å². The summed E-state index contributed by atoms with van der Waals surface area (Å²) >= 11 is 0. The third-order valence-electron chi connectivity index (χ3n) is 5.30. The Balaban J connectivity index is 1.73. The van der Waals surface area contributed by atoms with Crippen LogP contribution >= 0.6 is 0 Å². The number of carbonyl (C=O) groups is 1. The zero-order chi connectivity index (χ0) is 22.3. The van der Waals surface area contributed by atoms with Gasteiger partial charge in [-0.25, -0.2) is 13.4 Å². The van der Waals surface area contributed by atoms with Gasteiger partial charge >= 0.3 is 0 Å². The maximum absolute atomic E-state index is 13.2. The van der Waals surface area contributed by atoms with Gasteiger partial charge in [0.15, 0.2) is 5.76 Å². The topological polar surface area (TPSA) is 106 Å². The quantitative estimate of drug-likeness (QED) is 0.608. The van der Waals surface area contributed by atoms with Crippen molar-refractivity contribution in [2.45, 2.75) is 24.8 Å². The molecule has 1 atom stereocenters. The SMILES string of the molecule is Cc1noc(C)c1S(=O)(=O)N1CCOC(c2cc(C(=O)N(C)C)c3ccccc3n2)C1. The predicted octanol–water partition coefficient (Wildman–Crippen LogP) is 2.30. The second-order valence-corrected chi connectivity index (χ2v) is 9.56. The van der Waals surface area contributed by atoms with E-state index < -0.39 is 16.1 Å². The maximum Gasteiger partial charge on any atom is 0.254 e.